The summed E-state index contributed by atoms with van der Waals surface area (Å²) < 4.78 is 0. The fourth-order valence-electron chi connectivity index (χ4n) is 3.04. The summed E-state index contributed by atoms with van der Waals surface area (Å²) >= 11 is 7.35. The van der Waals surface area contributed by atoms with Crippen LogP contribution in [0.15, 0.2) is 36.4 Å². The molecule has 0 spiro atoms. The number of aromatic carboxylic acids is 1. The monoisotopic (exact) mass is 436 g/mol. The molecular formula is C22H29ClN2O3S. The van der Waals surface area contributed by atoms with E-state index in [2.05, 4.69) is 12.2 Å². The van der Waals surface area contributed by atoms with Crippen molar-refractivity contribution in [2.45, 2.75) is 45.4 Å². The summed E-state index contributed by atoms with van der Waals surface area (Å²) in [4.78, 5) is 26.8. The average molecular weight is 437 g/mol. The molecule has 0 fully saturated rings. The molecule has 2 aromatic rings. The third-order valence-corrected chi connectivity index (χ3v) is 5.97. The number of unbranched alkanes of at least 4 members (excludes halogenated alkanes) is 1. The van der Waals surface area contributed by atoms with Gasteiger partial charge in [0, 0.05) is 29.5 Å². The van der Waals surface area contributed by atoms with Crippen LogP contribution in [0.5, 0.6) is 0 Å². The number of nitrogens with one attached hydrogen (secondary N) is 1. The predicted octanol–water partition coefficient (Wildman–Crippen LogP) is 5.48. The number of rotatable bonds is 12. The predicted molar refractivity (Wildman–Crippen MR) is 119 cm³/mol. The quantitative estimate of drug-likeness (QED) is 0.433. The number of carboxylic acid groups (broad SMARTS) is 1. The number of urea groups is 1. The topological polar surface area (TPSA) is 69.6 Å². The molecule has 158 valence electrons. The van der Waals surface area contributed by atoms with Gasteiger partial charge in [0.05, 0.1) is 0 Å². The fraction of sp³-hybridized carbons (Fsp3) is 0.455. The summed E-state index contributed by atoms with van der Waals surface area (Å²) in [6, 6.07) is 11.3. The van der Waals surface area contributed by atoms with Gasteiger partial charge in [-0.15, -0.1) is 11.3 Å². The lowest BCUT2D eigenvalue weighted by Gasteiger charge is -2.23. The molecule has 0 aliphatic heterocycles. The molecule has 29 heavy (non-hydrogen) atoms. The minimum absolute atomic E-state index is 0.0260. The summed E-state index contributed by atoms with van der Waals surface area (Å²) in [6.45, 7) is 4.11. The maximum Gasteiger partial charge on any atom is 0.345 e. The Morgan fingerprint density at radius 2 is 1.86 bits per heavy atom. The maximum absolute atomic E-state index is 12.6. The molecule has 0 aliphatic rings. The zero-order valence-electron chi connectivity index (χ0n) is 16.8. The van der Waals surface area contributed by atoms with Crippen LogP contribution in [-0.4, -0.2) is 41.6 Å². The van der Waals surface area contributed by atoms with Crippen molar-refractivity contribution in [1.29, 1.82) is 0 Å². The molecular weight excluding hydrogens is 408 g/mol. The SMILES string of the molecule is CCCCNC(=O)N(CCCc1cccc(Cl)c1)CCCc1ccc(C(=O)O)s1. The van der Waals surface area contributed by atoms with Gasteiger partial charge in [0.25, 0.3) is 0 Å². The third kappa shape index (κ3) is 8.46. The molecule has 1 heterocycles. The third-order valence-electron chi connectivity index (χ3n) is 4.60. The van der Waals surface area contributed by atoms with Crippen LogP contribution in [0.4, 0.5) is 4.79 Å². The van der Waals surface area contributed by atoms with Gasteiger partial charge in [-0.2, -0.15) is 0 Å². The summed E-state index contributed by atoms with van der Waals surface area (Å²) in [5, 5.41) is 12.8. The van der Waals surface area contributed by atoms with Crippen molar-refractivity contribution in [3.8, 4) is 0 Å². The highest BCUT2D eigenvalue weighted by Crippen LogP contribution is 2.18. The zero-order valence-corrected chi connectivity index (χ0v) is 18.4. The van der Waals surface area contributed by atoms with Gasteiger partial charge in [0.15, 0.2) is 0 Å². The summed E-state index contributed by atoms with van der Waals surface area (Å²) in [5.74, 6) is -0.890. The standard InChI is InChI=1S/C22H29ClN2O3S/c1-2-3-13-24-22(28)25(14-5-8-17-7-4-9-18(23)16-17)15-6-10-19-11-12-20(29-19)21(26)27/h4,7,9,11-12,16H,2-3,5-6,8,10,13-15H2,1H3,(H,24,28)(H,26,27). The second kappa shape index (κ2) is 12.5. The van der Waals surface area contributed by atoms with E-state index in [4.69, 9.17) is 16.7 Å². The van der Waals surface area contributed by atoms with Crippen LogP contribution in [0.3, 0.4) is 0 Å². The van der Waals surface area contributed by atoms with Crippen molar-refractivity contribution in [3.63, 3.8) is 0 Å². The van der Waals surface area contributed by atoms with Crippen LogP contribution in [-0.2, 0) is 12.8 Å². The highest BCUT2D eigenvalue weighted by atomic mass is 35.5. The van der Waals surface area contributed by atoms with Crippen LogP contribution >= 0.6 is 22.9 Å². The Kier molecular flexibility index (Phi) is 10.0. The van der Waals surface area contributed by atoms with E-state index in [0.717, 1.165) is 48.4 Å². The summed E-state index contributed by atoms with van der Waals surface area (Å²) in [5.41, 5.74) is 1.17. The Morgan fingerprint density at radius 1 is 1.10 bits per heavy atom. The van der Waals surface area contributed by atoms with Crippen LogP contribution in [0.1, 0.15) is 52.7 Å². The molecule has 2 amide bonds. The molecule has 0 atom stereocenters. The van der Waals surface area contributed by atoms with Crippen molar-refractivity contribution < 1.29 is 14.7 Å². The molecule has 1 aromatic heterocycles. The number of carbonyl (C=O) groups is 2. The number of benzene rings is 1. The Morgan fingerprint density at radius 3 is 2.52 bits per heavy atom. The van der Waals surface area contributed by atoms with E-state index in [1.165, 1.54) is 16.9 Å². The highest BCUT2D eigenvalue weighted by Gasteiger charge is 2.13. The van der Waals surface area contributed by atoms with Crippen LogP contribution < -0.4 is 5.32 Å². The lowest BCUT2D eigenvalue weighted by atomic mass is 10.1. The second-order valence-electron chi connectivity index (χ2n) is 6.98. The Hall–Kier alpha value is -2.05. The van der Waals surface area contributed by atoms with Gasteiger partial charge in [-0.25, -0.2) is 9.59 Å². The highest BCUT2D eigenvalue weighted by molar-refractivity contribution is 7.13. The fourth-order valence-corrected chi connectivity index (χ4v) is 4.14. The van der Waals surface area contributed by atoms with Gasteiger partial charge in [-0.05, 0) is 61.9 Å². The number of carbonyl (C=O) groups excluding carboxylic acids is 1. The number of halogens is 1. The lowest BCUT2D eigenvalue weighted by molar-refractivity contribution is 0.0702. The van der Waals surface area contributed by atoms with Crippen molar-refractivity contribution in [2.24, 2.45) is 0 Å². The zero-order chi connectivity index (χ0) is 21.1. The molecule has 1 aromatic carbocycles. The Labute approximate surface area is 181 Å². The first-order valence-electron chi connectivity index (χ1n) is 10.1. The summed E-state index contributed by atoms with van der Waals surface area (Å²) in [6.07, 6.45) is 5.31. The minimum atomic E-state index is -0.890. The number of amides is 2. The molecule has 0 aliphatic carbocycles. The molecule has 0 saturated heterocycles. The van der Waals surface area contributed by atoms with Gasteiger partial charge in [0.1, 0.15) is 4.88 Å². The maximum atomic E-state index is 12.6. The largest absolute Gasteiger partial charge is 0.477 e. The molecule has 2 N–H and O–H groups in total. The number of hydrogen-bond donors (Lipinski definition) is 2. The summed E-state index contributed by atoms with van der Waals surface area (Å²) in [7, 11) is 0. The van der Waals surface area contributed by atoms with E-state index in [0.29, 0.717) is 24.5 Å². The van der Waals surface area contributed by atoms with Gasteiger partial charge < -0.3 is 15.3 Å². The van der Waals surface area contributed by atoms with Crippen molar-refractivity contribution in [2.75, 3.05) is 19.6 Å². The van der Waals surface area contributed by atoms with Crippen molar-refractivity contribution in [1.82, 2.24) is 10.2 Å². The normalized spacial score (nSPS) is 10.7. The first-order valence-corrected chi connectivity index (χ1v) is 11.3. The van der Waals surface area contributed by atoms with Gasteiger partial charge in [0.2, 0.25) is 0 Å². The minimum Gasteiger partial charge on any atom is -0.477 e. The van der Waals surface area contributed by atoms with Crippen molar-refractivity contribution in [3.05, 3.63) is 56.7 Å². The van der Waals surface area contributed by atoms with Gasteiger partial charge in [-0.3, -0.25) is 0 Å². The van der Waals surface area contributed by atoms with E-state index >= 15 is 0 Å². The van der Waals surface area contributed by atoms with Crippen LogP contribution in [0.25, 0.3) is 0 Å². The molecule has 7 heteroatoms. The van der Waals surface area contributed by atoms with Crippen LogP contribution in [0, 0.1) is 0 Å². The number of aryl methyl sites for hydroxylation is 2. The number of nitrogens with zero attached hydrogens (tertiary/aromatic N) is 1. The van der Waals surface area contributed by atoms with Crippen LogP contribution in [0.2, 0.25) is 5.02 Å². The average Bonchev–Trinajstić information content (AvgIpc) is 3.16. The van der Waals surface area contributed by atoms with Gasteiger partial charge >= 0.3 is 12.0 Å². The van der Waals surface area contributed by atoms with E-state index in [1.54, 1.807) is 6.07 Å². The second-order valence-corrected chi connectivity index (χ2v) is 8.59. The molecule has 0 bridgehead atoms. The van der Waals surface area contributed by atoms with Gasteiger partial charge in [-0.1, -0.05) is 37.1 Å². The van der Waals surface area contributed by atoms with E-state index in [-0.39, 0.29) is 6.03 Å². The van der Waals surface area contributed by atoms with E-state index in [9.17, 15) is 9.59 Å². The molecule has 0 radical (unpaired) electrons. The van der Waals surface area contributed by atoms with E-state index in [1.807, 2.05) is 35.2 Å². The Bertz CT molecular complexity index is 794. The molecule has 2 rings (SSSR count). The first kappa shape index (κ1) is 23.2. The molecule has 5 nitrogen and oxygen atoms in total. The van der Waals surface area contributed by atoms with E-state index < -0.39 is 5.97 Å². The smallest absolute Gasteiger partial charge is 0.345 e. The number of hydrogen-bond acceptors (Lipinski definition) is 3. The van der Waals surface area contributed by atoms with Crippen molar-refractivity contribution >= 4 is 34.9 Å². The molecule has 0 saturated carbocycles. The first-order chi connectivity index (χ1) is 14.0. The Balaban J connectivity index is 1.85. The molecule has 0 unspecified atom stereocenters. The number of thiophene rings is 1. The number of carboxylic acids is 1. The lowest BCUT2D eigenvalue weighted by Crippen LogP contribution is -2.41.